The van der Waals surface area contributed by atoms with Crippen molar-refractivity contribution in [3.8, 4) is 11.8 Å². The van der Waals surface area contributed by atoms with Gasteiger partial charge in [0.15, 0.2) is 0 Å². The van der Waals surface area contributed by atoms with E-state index in [1.54, 1.807) is 13.0 Å². The van der Waals surface area contributed by atoms with Crippen LogP contribution in [0.5, 0.6) is 5.75 Å². The molecule has 3 aromatic carbocycles. The molecule has 2 amide bonds. The molecule has 0 atom stereocenters. The lowest BCUT2D eigenvalue weighted by atomic mass is 10.1. The molecule has 0 aliphatic heterocycles. The summed E-state index contributed by atoms with van der Waals surface area (Å²) in [5.74, 6) is -1.17. The third-order valence-electron chi connectivity index (χ3n) is 4.88. The highest BCUT2D eigenvalue weighted by Gasteiger charge is 2.18. The predicted octanol–water partition coefficient (Wildman–Crippen LogP) is 4.18. The number of carbonyl (C=O) groups is 2. The van der Waals surface area contributed by atoms with Gasteiger partial charge in [0.05, 0.1) is 10.6 Å². The first-order valence-corrected chi connectivity index (χ1v) is 12.0. The Morgan fingerprint density at radius 2 is 1.76 bits per heavy atom. The van der Waals surface area contributed by atoms with E-state index in [1.807, 2.05) is 0 Å². The van der Waals surface area contributed by atoms with Gasteiger partial charge in [-0.25, -0.2) is 0 Å². The number of aryl methyl sites for hydroxylation is 1. The third-order valence-corrected chi connectivity index (χ3v) is 6.15. The monoisotopic (exact) mass is 520 g/mol. The molecule has 0 spiro atoms. The molecule has 0 aromatic heterocycles. The lowest BCUT2D eigenvalue weighted by Crippen LogP contribution is -2.14. The molecule has 3 rings (SSSR count). The van der Waals surface area contributed by atoms with Crippen LogP contribution in [0.4, 0.5) is 17.1 Å². The van der Waals surface area contributed by atoms with Gasteiger partial charge in [0.2, 0.25) is 5.91 Å². The van der Waals surface area contributed by atoms with Crippen LogP contribution < -0.4 is 14.8 Å². The van der Waals surface area contributed by atoms with E-state index in [0.29, 0.717) is 16.8 Å². The van der Waals surface area contributed by atoms with E-state index in [1.165, 1.54) is 79.7 Å². The quantitative estimate of drug-likeness (QED) is 0.147. The van der Waals surface area contributed by atoms with Crippen molar-refractivity contribution in [2.24, 2.45) is 0 Å². The second-order valence-electron chi connectivity index (χ2n) is 7.70. The van der Waals surface area contributed by atoms with Crippen molar-refractivity contribution >= 4 is 45.1 Å². The molecule has 0 bridgehead atoms. The van der Waals surface area contributed by atoms with Gasteiger partial charge in [-0.1, -0.05) is 18.2 Å². The van der Waals surface area contributed by atoms with Crippen LogP contribution in [0.3, 0.4) is 0 Å². The van der Waals surface area contributed by atoms with E-state index in [-0.39, 0.29) is 33.5 Å². The summed E-state index contributed by atoms with van der Waals surface area (Å²) in [6, 6.07) is 16.8. The zero-order valence-corrected chi connectivity index (χ0v) is 20.4. The highest BCUT2D eigenvalue weighted by molar-refractivity contribution is 7.87. The van der Waals surface area contributed by atoms with Gasteiger partial charge in [0.25, 0.3) is 11.6 Å². The molecule has 11 nitrogen and oxygen atoms in total. The first-order valence-electron chi connectivity index (χ1n) is 10.6. The molecule has 0 saturated heterocycles. The summed E-state index contributed by atoms with van der Waals surface area (Å²) in [6.07, 6.45) is 1.23. The molecule has 0 aliphatic rings. The van der Waals surface area contributed by atoms with Crippen molar-refractivity contribution in [1.29, 1.82) is 5.26 Å². The van der Waals surface area contributed by atoms with Gasteiger partial charge >= 0.3 is 10.1 Å². The number of non-ortho nitro benzene ring substituents is 1. The molecule has 37 heavy (non-hydrogen) atoms. The minimum Gasteiger partial charge on any atom is -0.379 e. The molecule has 0 radical (unpaired) electrons. The fraction of sp³-hybridized carbons (Fsp3) is 0.0800. The van der Waals surface area contributed by atoms with Crippen LogP contribution in [0.2, 0.25) is 0 Å². The fourth-order valence-electron chi connectivity index (χ4n) is 3.10. The molecule has 0 unspecified atom stereocenters. The number of nitrogens with one attached hydrogen (secondary N) is 2. The number of hydrogen-bond donors (Lipinski definition) is 2. The lowest BCUT2D eigenvalue weighted by molar-refractivity contribution is -0.384. The summed E-state index contributed by atoms with van der Waals surface area (Å²) in [5, 5.41) is 25.5. The van der Waals surface area contributed by atoms with Gasteiger partial charge < -0.3 is 14.8 Å². The Morgan fingerprint density at radius 3 is 2.38 bits per heavy atom. The maximum Gasteiger partial charge on any atom is 0.339 e. The van der Waals surface area contributed by atoms with Crippen molar-refractivity contribution < 1.29 is 27.1 Å². The maximum absolute atomic E-state index is 12.7. The van der Waals surface area contributed by atoms with Crippen molar-refractivity contribution in [2.75, 3.05) is 10.6 Å². The van der Waals surface area contributed by atoms with Crippen LogP contribution in [0.1, 0.15) is 18.1 Å². The average Bonchev–Trinajstić information content (AvgIpc) is 2.83. The van der Waals surface area contributed by atoms with Gasteiger partial charge in [-0.3, -0.25) is 19.7 Å². The topological polar surface area (TPSA) is 168 Å². The number of amides is 2. The van der Waals surface area contributed by atoms with Gasteiger partial charge in [0, 0.05) is 24.7 Å². The van der Waals surface area contributed by atoms with Crippen LogP contribution in [0, 0.1) is 28.4 Å². The average molecular weight is 521 g/mol. The number of hydrogen-bond acceptors (Lipinski definition) is 8. The summed E-state index contributed by atoms with van der Waals surface area (Å²) >= 11 is 0. The molecule has 0 heterocycles. The Bertz CT molecular complexity index is 1560. The summed E-state index contributed by atoms with van der Waals surface area (Å²) < 4.78 is 30.5. The molecular formula is C25H20N4O7S. The van der Waals surface area contributed by atoms with Crippen LogP contribution in [-0.4, -0.2) is 25.2 Å². The van der Waals surface area contributed by atoms with Crippen molar-refractivity contribution in [2.45, 2.75) is 18.7 Å². The Kier molecular flexibility index (Phi) is 8.01. The molecule has 0 saturated carbocycles. The van der Waals surface area contributed by atoms with Gasteiger partial charge in [-0.05, 0) is 60.5 Å². The Hall–Kier alpha value is -5.02. The second kappa shape index (κ2) is 11.1. The van der Waals surface area contributed by atoms with Crippen molar-refractivity contribution in [3.05, 3.63) is 93.5 Å². The smallest absolute Gasteiger partial charge is 0.339 e. The van der Waals surface area contributed by atoms with Gasteiger partial charge in [-0.2, -0.15) is 13.7 Å². The van der Waals surface area contributed by atoms with Crippen LogP contribution >= 0.6 is 0 Å². The van der Waals surface area contributed by atoms with Crippen molar-refractivity contribution in [1.82, 2.24) is 0 Å². The number of benzene rings is 3. The van der Waals surface area contributed by atoms with Crippen LogP contribution in [0.25, 0.3) is 6.08 Å². The number of anilines is 2. The standard InChI is InChI=1S/C25H20N4O7S/c1-16-6-9-21(29(32)33)14-24(16)28-25(31)19(15-26)12-18-4-3-5-22(13-18)36-37(34,35)23-10-7-20(8-11-23)27-17(2)30/h3-14H,1-2H3,(H,27,30)(H,28,31)/b19-12+. The van der Waals surface area contributed by atoms with E-state index < -0.39 is 20.9 Å². The van der Waals surface area contributed by atoms with E-state index in [4.69, 9.17) is 4.18 Å². The van der Waals surface area contributed by atoms with E-state index >= 15 is 0 Å². The van der Waals surface area contributed by atoms with Crippen LogP contribution in [-0.2, 0) is 19.7 Å². The Labute approximate surface area is 212 Å². The van der Waals surface area contributed by atoms with E-state index in [9.17, 15) is 33.4 Å². The minimum atomic E-state index is -4.21. The maximum atomic E-state index is 12.7. The van der Waals surface area contributed by atoms with E-state index in [0.717, 1.165) is 0 Å². The number of carbonyl (C=O) groups excluding carboxylic acids is 2. The summed E-state index contributed by atoms with van der Waals surface area (Å²) in [5.41, 5.74) is 0.908. The number of nitrogens with zero attached hydrogens (tertiary/aromatic N) is 2. The lowest BCUT2D eigenvalue weighted by Gasteiger charge is -2.09. The summed E-state index contributed by atoms with van der Waals surface area (Å²) in [7, 11) is -4.21. The first-order chi connectivity index (χ1) is 17.5. The molecule has 3 aromatic rings. The minimum absolute atomic E-state index is 0.0630. The summed E-state index contributed by atoms with van der Waals surface area (Å²) in [6.45, 7) is 2.97. The molecular weight excluding hydrogens is 500 g/mol. The molecule has 0 aliphatic carbocycles. The molecule has 2 N–H and O–H groups in total. The normalized spacial score (nSPS) is 11.2. The molecule has 12 heteroatoms. The summed E-state index contributed by atoms with van der Waals surface area (Å²) in [4.78, 5) is 34.0. The Balaban J connectivity index is 1.80. The second-order valence-corrected chi connectivity index (χ2v) is 9.24. The largest absolute Gasteiger partial charge is 0.379 e. The van der Waals surface area contributed by atoms with Gasteiger partial charge in [-0.15, -0.1) is 0 Å². The zero-order chi connectivity index (χ0) is 27.2. The highest BCUT2D eigenvalue weighted by atomic mass is 32.2. The number of nitro benzene ring substituents is 1. The SMILES string of the molecule is CC(=O)Nc1ccc(S(=O)(=O)Oc2cccc(/C=C(\C#N)C(=O)Nc3cc([N+](=O)[O-])ccc3C)c2)cc1. The number of rotatable bonds is 8. The van der Waals surface area contributed by atoms with E-state index in [2.05, 4.69) is 10.6 Å². The molecule has 188 valence electrons. The fourth-order valence-corrected chi connectivity index (χ4v) is 4.02. The van der Waals surface area contributed by atoms with Gasteiger partial charge in [0.1, 0.15) is 22.3 Å². The molecule has 0 fully saturated rings. The highest BCUT2D eigenvalue weighted by Crippen LogP contribution is 2.24. The number of nitriles is 1. The van der Waals surface area contributed by atoms with Crippen molar-refractivity contribution in [3.63, 3.8) is 0 Å². The zero-order valence-electron chi connectivity index (χ0n) is 19.6. The number of nitro groups is 1. The van der Waals surface area contributed by atoms with Crippen LogP contribution in [0.15, 0.2) is 77.2 Å². The predicted molar refractivity (Wildman–Crippen MR) is 135 cm³/mol. The Morgan fingerprint density at radius 1 is 1.05 bits per heavy atom. The first kappa shape index (κ1) is 26.6. The third kappa shape index (κ3) is 7.00.